The molecule has 3 N–H and O–H groups in total. The maximum Gasteiger partial charge on any atom is 0.319 e. The monoisotopic (exact) mass is 331 g/mol. The predicted octanol–water partition coefficient (Wildman–Crippen LogP) is 3.11. The highest BCUT2D eigenvalue weighted by Crippen LogP contribution is 2.19. The lowest BCUT2D eigenvalue weighted by atomic mass is 10.2. The van der Waals surface area contributed by atoms with E-state index in [-0.39, 0.29) is 5.69 Å². The number of nitrogens with one attached hydrogen (secondary N) is 3. The Morgan fingerprint density at radius 1 is 1.12 bits per heavy atom. The fourth-order valence-electron chi connectivity index (χ4n) is 2.03. The second kappa shape index (κ2) is 7.96. The first-order chi connectivity index (χ1) is 11.5. The van der Waals surface area contributed by atoms with E-state index in [9.17, 15) is 14.0 Å². The summed E-state index contributed by atoms with van der Waals surface area (Å²) in [5, 5.41) is 7.63. The van der Waals surface area contributed by atoms with Crippen LogP contribution in [-0.4, -0.2) is 19.0 Å². The van der Waals surface area contributed by atoms with Gasteiger partial charge in [-0.05, 0) is 35.9 Å². The Labute approximate surface area is 139 Å². The van der Waals surface area contributed by atoms with Gasteiger partial charge in [0.1, 0.15) is 11.6 Å². The van der Waals surface area contributed by atoms with Crippen LogP contribution in [0, 0.1) is 5.82 Å². The van der Waals surface area contributed by atoms with Crippen molar-refractivity contribution in [3.63, 3.8) is 0 Å². The molecule has 0 bridgehead atoms. The summed E-state index contributed by atoms with van der Waals surface area (Å²) in [7, 11) is 1.57. The molecular weight excluding hydrogens is 313 g/mol. The minimum absolute atomic E-state index is 0.00750. The van der Waals surface area contributed by atoms with Crippen molar-refractivity contribution in [2.45, 2.75) is 13.5 Å². The predicted molar refractivity (Wildman–Crippen MR) is 89.6 cm³/mol. The maximum atomic E-state index is 13.6. The zero-order valence-electron chi connectivity index (χ0n) is 13.4. The van der Waals surface area contributed by atoms with Crippen LogP contribution < -0.4 is 20.7 Å². The normalized spacial score (nSPS) is 9.96. The first-order valence-corrected chi connectivity index (χ1v) is 7.23. The molecule has 0 saturated carbocycles. The van der Waals surface area contributed by atoms with Crippen LogP contribution in [0.1, 0.15) is 12.5 Å². The van der Waals surface area contributed by atoms with Gasteiger partial charge in [0, 0.05) is 19.2 Å². The van der Waals surface area contributed by atoms with E-state index in [1.165, 1.54) is 25.1 Å². The highest BCUT2D eigenvalue weighted by Gasteiger charge is 2.08. The summed E-state index contributed by atoms with van der Waals surface area (Å²) in [5.41, 5.74) is 1.25. The van der Waals surface area contributed by atoms with E-state index in [2.05, 4.69) is 16.0 Å². The fraction of sp³-hybridized carbons (Fsp3) is 0.176. The van der Waals surface area contributed by atoms with Crippen LogP contribution >= 0.6 is 0 Å². The van der Waals surface area contributed by atoms with Gasteiger partial charge < -0.3 is 20.7 Å². The standard InChI is InChI=1S/C17H18FN3O3/c1-11(22)20-16-9-13(6-7-15(16)18)21-17(23)19-10-12-4-3-5-14(8-12)24-2/h3-9H,10H2,1-2H3,(H,20,22)(H2,19,21,23). The van der Waals surface area contributed by atoms with Crippen LogP contribution in [0.15, 0.2) is 42.5 Å². The van der Waals surface area contributed by atoms with Crippen molar-refractivity contribution in [2.24, 2.45) is 0 Å². The van der Waals surface area contributed by atoms with E-state index in [1.54, 1.807) is 7.11 Å². The van der Waals surface area contributed by atoms with Gasteiger partial charge in [-0.25, -0.2) is 9.18 Å². The van der Waals surface area contributed by atoms with Crippen molar-refractivity contribution < 1.29 is 18.7 Å². The number of methoxy groups -OCH3 is 1. The van der Waals surface area contributed by atoms with Crippen LogP contribution in [-0.2, 0) is 11.3 Å². The van der Waals surface area contributed by atoms with Crippen LogP contribution in [0.2, 0.25) is 0 Å². The van der Waals surface area contributed by atoms with E-state index in [0.29, 0.717) is 18.0 Å². The number of amides is 3. The highest BCUT2D eigenvalue weighted by atomic mass is 19.1. The largest absolute Gasteiger partial charge is 0.497 e. The van der Waals surface area contributed by atoms with Gasteiger partial charge in [-0.1, -0.05) is 12.1 Å². The van der Waals surface area contributed by atoms with Gasteiger partial charge in [-0.3, -0.25) is 4.79 Å². The Morgan fingerprint density at radius 2 is 1.92 bits per heavy atom. The molecule has 126 valence electrons. The van der Waals surface area contributed by atoms with Crippen LogP contribution in [0.25, 0.3) is 0 Å². The second-order valence-electron chi connectivity index (χ2n) is 5.04. The minimum atomic E-state index is -0.576. The SMILES string of the molecule is COc1cccc(CNC(=O)Nc2ccc(F)c(NC(C)=O)c2)c1. The second-order valence-corrected chi connectivity index (χ2v) is 5.04. The molecule has 24 heavy (non-hydrogen) atoms. The van der Waals surface area contributed by atoms with E-state index in [1.807, 2.05) is 24.3 Å². The first-order valence-electron chi connectivity index (χ1n) is 7.23. The van der Waals surface area contributed by atoms with Crippen molar-refractivity contribution in [1.29, 1.82) is 0 Å². The summed E-state index contributed by atoms with van der Waals surface area (Å²) < 4.78 is 18.7. The quantitative estimate of drug-likeness (QED) is 0.787. The minimum Gasteiger partial charge on any atom is -0.497 e. The number of anilines is 2. The Morgan fingerprint density at radius 3 is 2.62 bits per heavy atom. The first kappa shape index (κ1) is 17.3. The number of carbonyl (C=O) groups excluding carboxylic acids is 2. The van der Waals surface area contributed by atoms with Crippen LogP contribution in [0.3, 0.4) is 0 Å². The molecule has 0 saturated heterocycles. The summed E-state index contributed by atoms with van der Waals surface area (Å²) in [6, 6.07) is 10.8. The number of hydrogen-bond acceptors (Lipinski definition) is 3. The molecule has 2 aromatic carbocycles. The van der Waals surface area contributed by atoms with Gasteiger partial charge >= 0.3 is 6.03 Å². The van der Waals surface area contributed by atoms with Gasteiger partial charge in [-0.2, -0.15) is 0 Å². The molecule has 0 unspecified atom stereocenters. The van der Waals surface area contributed by atoms with Crippen LogP contribution in [0.5, 0.6) is 5.75 Å². The van der Waals surface area contributed by atoms with Crippen molar-refractivity contribution >= 4 is 23.3 Å². The number of halogens is 1. The number of benzene rings is 2. The van der Waals surface area contributed by atoms with Crippen molar-refractivity contribution in [3.05, 3.63) is 53.8 Å². The van der Waals surface area contributed by atoms with Gasteiger partial charge in [0.15, 0.2) is 0 Å². The van der Waals surface area contributed by atoms with E-state index in [0.717, 1.165) is 5.56 Å². The van der Waals surface area contributed by atoms with Gasteiger partial charge in [-0.15, -0.1) is 0 Å². The van der Waals surface area contributed by atoms with Crippen LogP contribution in [0.4, 0.5) is 20.6 Å². The third-order valence-electron chi connectivity index (χ3n) is 3.12. The number of urea groups is 1. The van der Waals surface area contributed by atoms with E-state index < -0.39 is 17.8 Å². The Bertz CT molecular complexity index is 750. The summed E-state index contributed by atoms with van der Waals surface area (Å²) in [5.74, 6) is -0.269. The number of carbonyl (C=O) groups is 2. The molecule has 0 aromatic heterocycles. The third kappa shape index (κ3) is 4.98. The third-order valence-corrected chi connectivity index (χ3v) is 3.12. The molecule has 0 aliphatic rings. The topological polar surface area (TPSA) is 79.5 Å². The van der Waals surface area contributed by atoms with Crippen molar-refractivity contribution in [3.8, 4) is 5.75 Å². The summed E-state index contributed by atoms with van der Waals surface area (Å²) in [4.78, 5) is 22.9. The van der Waals surface area contributed by atoms with Gasteiger partial charge in [0.25, 0.3) is 0 Å². The molecule has 2 rings (SSSR count). The number of rotatable bonds is 5. The van der Waals surface area contributed by atoms with Crippen molar-refractivity contribution in [1.82, 2.24) is 5.32 Å². The van der Waals surface area contributed by atoms with Gasteiger partial charge in [0.05, 0.1) is 12.8 Å². The molecule has 0 heterocycles. The van der Waals surface area contributed by atoms with E-state index >= 15 is 0 Å². The summed E-state index contributed by atoms with van der Waals surface area (Å²) >= 11 is 0. The molecular formula is C17H18FN3O3. The summed E-state index contributed by atoms with van der Waals surface area (Å²) in [6.45, 7) is 1.59. The Hall–Kier alpha value is -3.09. The Kier molecular flexibility index (Phi) is 5.73. The molecule has 0 atom stereocenters. The zero-order valence-corrected chi connectivity index (χ0v) is 13.4. The average Bonchev–Trinajstić information content (AvgIpc) is 2.56. The molecule has 0 radical (unpaired) electrons. The molecule has 7 heteroatoms. The highest BCUT2D eigenvalue weighted by molar-refractivity contribution is 5.92. The molecule has 0 spiro atoms. The molecule has 0 fully saturated rings. The van der Waals surface area contributed by atoms with Gasteiger partial charge in [0.2, 0.25) is 5.91 Å². The van der Waals surface area contributed by atoms with E-state index in [4.69, 9.17) is 4.74 Å². The Balaban J connectivity index is 1.95. The molecule has 6 nitrogen and oxygen atoms in total. The lowest BCUT2D eigenvalue weighted by Crippen LogP contribution is -2.28. The fourth-order valence-corrected chi connectivity index (χ4v) is 2.03. The molecule has 0 aliphatic carbocycles. The molecule has 0 aliphatic heterocycles. The lowest BCUT2D eigenvalue weighted by molar-refractivity contribution is -0.114. The number of hydrogen-bond donors (Lipinski definition) is 3. The van der Waals surface area contributed by atoms with Crippen molar-refractivity contribution in [2.75, 3.05) is 17.7 Å². The summed E-state index contributed by atoms with van der Waals surface area (Å²) in [6.07, 6.45) is 0. The smallest absolute Gasteiger partial charge is 0.319 e. The maximum absolute atomic E-state index is 13.6. The molecule has 2 aromatic rings. The zero-order chi connectivity index (χ0) is 17.5. The molecule has 3 amide bonds. The lowest BCUT2D eigenvalue weighted by Gasteiger charge is -2.10. The number of ether oxygens (including phenoxy) is 1. The average molecular weight is 331 g/mol.